The third kappa shape index (κ3) is 5.40. The highest BCUT2D eigenvalue weighted by atomic mass is 16.7. The quantitative estimate of drug-likeness (QED) is 0.223. The van der Waals surface area contributed by atoms with Gasteiger partial charge in [0.05, 0.1) is 6.61 Å². The lowest BCUT2D eigenvalue weighted by atomic mass is 10.1. The molecule has 8 nitrogen and oxygen atoms in total. The van der Waals surface area contributed by atoms with Crippen LogP contribution in [0.15, 0.2) is 67.3 Å². The number of esters is 1. The lowest BCUT2D eigenvalue weighted by molar-refractivity contribution is -0.137. The number of ether oxygens (including phenoxy) is 3. The first kappa shape index (κ1) is 23.0. The number of hydrogen-bond donors (Lipinski definition) is 0. The summed E-state index contributed by atoms with van der Waals surface area (Å²) in [5.41, 5.74) is 2.08. The first-order valence-corrected chi connectivity index (χ1v) is 10.8. The normalized spacial score (nSPS) is 11.4. The number of aromatic nitrogens is 3. The van der Waals surface area contributed by atoms with E-state index in [9.17, 15) is 9.59 Å². The molecular weight excluding hydrogens is 434 g/mol. The predicted molar refractivity (Wildman–Crippen MR) is 128 cm³/mol. The summed E-state index contributed by atoms with van der Waals surface area (Å²) in [5.74, 6) is -0.175. The smallest absolute Gasteiger partial charge is 0.462 e. The number of hydrogen-bond acceptors (Lipinski definition) is 7. The molecule has 0 saturated carbocycles. The van der Waals surface area contributed by atoms with Crippen LogP contribution in [-0.4, -0.2) is 39.3 Å². The summed E-state index contributed by atoms with van der Waals surface area (Å²) in [6.45, 7) is 8.94. The highest BCUT2D eigenvalue weighted by Crippen LogP contribution is 2.30. The van der Waals surface area contributed by atoms with Gasteiger partial charge in [-0.05, 0) is 61.4 Å². The molecule has 0 aliphatic carbocycles. The molecule has 3 aromatic carbocycles. The molecule has 34 heavy (non-hydrogen) atoms. The molecule has 8 heteroatoms. The molecule has 0 amide bonds. The molecule has 0 atom stereocenters. The maximum Gasteiger partial charge on any atom is 0.514 e. The summed E-state index contributed by atoms with van der Waals surface area (Å²) in [5, 5.41) is 11.0. The molecule has 0 spiro atoms. The highest BCUT2D eigenvalue weighted by Gasteiger charge is 2.21. The molecule has 0 saturated heterocycles. The van der Waals surface area contributed by atoms with Gasteiger partial charge in [0.1, 0.15) is 22.3 Å². The van der Waals surface area contributed by atoms with Crippen molar-refractivity contribution < 1.29 is 23.8 Å². The molecule has 1 heterocycles. The van der Waals surface area contributed by atoms with Gasteiger partial charge in [0.25, 0.3) is 0 Å². The second kappa shape index (κ2) is 9.35. The summed E-state index contributed by atoms with van der Waals surface area (Å²) in [6.07, 6.45) is 0.859. The second-order valence-electron chi connectivity index (χ2n) is 8.67. The van der Waals surface area contributed by atoms with Gasteiger partial charge in [-0.25, -0.2) is 9.59 Å². The fraction of sp³-hybridized carbons (Fsp3) is 0.231. The monoisotopic (exact) mass is 459 g/mol. The molecule has 0 N–H and O–H groups in total. The van der Waals surface area contributed by atoms with Crippen molar-refractivity contribution in [1.82, 2.24) is 15.0 Å². The van der Waals surface area contributed by atoms with Crippen LogP contribution in [0.3, 0.4) is 0 Å². The van der Waals surface area contributed by atoms with Gasteiger partial charge in [0.2, 0.25) is 0 Å². The molecule has 0 radical (unpaired) electrons. The van der Waals surface area contributed by atoms with Crippen LogP contribution in [0.2, 0.25) is 0 Å². The van der Waals surface area contributed by atoms with Crippen LogP contribution in [0.5, 0.6) is 5.75 Å². The van der Waals surface area contributed by atoms with Crippen LogP contribution in [0.25, 0.3) is 27.5 Å². The van der Waals surface area contributed by atoms with Crippen molar-refractivity contribution in [1.29, 1.82) is 0 Å². The van der Waals surface area contributed by atoms with Crippen LogP contribution in [0.1, 0.15) is 26.3 Å². The fourth-order valence-electron chi connectivity index (χ4n) is 3.36. The van der Waals surface area contributed by atoms with Crippen LogP contribution in [-0.2, 0) is 20.7 Å². The van der Waals surface area contributed by atoms with Gasteiger partial charge in [0.15, 0.2) is 5.75 Å². The zero-order valence-corrected chi connectivity index (χ0v) is 19.3. The van der Waals surface area contributed by atoms with Crippen LogP contribution >= 0.6 is 0 Å². The second-order valence-corrected chi connectivity index (χ2v) is 8.67. The number of carbonyl (C=O) groups excluding carboxylic acids is 2. The van der Waals surface area contributed by atoms with E-state index in [1.54, 1.807) is 26.8 Å². The number of benzene rings is 3. The zero-order chi connectivity index (χ0) is 24.3. The summed E-state index contributed by atoms with van der Waals surface area (Å²) in [7, 11) is 0. The first-order chi connectivity index (χ1) is 16.2. The third-order valence-electron chi connectivity index (χ3n) is 4.87. The first-order valence-electron chi connectivity index (χ1n) is 10.8. The molecule has 4 aromatic rings. The highest BCUT2D eigenvalue weighted by molar-refractivity contribution is 5.88. The minimum absolute atomic E-state index is 0.239. The van der Waals surface area contributed by atoms with Crippen LogP contribution < -0.4 is 4.74 Å². The SMILES string of the molecule is C=CC(=O)OCCc1ccc2nn(-c3cc4ccccc4cc3OC(=O)OC(C)(C)C)nc2c1. The Morgan fingerprint density at radius 3 is 2.41 bits per heavy atom. The van der Waals surface area contributed by atoms with Crippen LogP contribution in [0.4, 0.5) is 4.79 Å². The van der Waals surface area contributed by atoms with E-state index in [2.05, 4.69) is 16.8 Å². The maximum atomic E-state index is 12.4. The van der Waals surface area contributed by atoms with E-state index >= 15 is 0 Å². The minimum Gasteiger partial charge on any atom is -0.462 e. The van der Waals surface area contributed by atoms with Crippen molar-refractivity contribution in [2.45, 2.75) is 32.8 Å². The van der Waals surface area contributed by atoms with Gasteiger partial charge >= 0.3 is 12.1 Å². The largest absolute Gasteiger partial charge is 0.514 e. The lowest BCUT2D eigenvalue weighted by Crippen LogP contribution is -2.26. The molecule has 0 bridgehead atoms. The maximum absolute atomic E-state index is 12.4. The van der Waals surface area contributed by atoms with Crippen molar-refractivity contribution in [3.05, 3.63) is 72.8 Å². The van der Waals surface area contributed by atoms with Gasteiger partial charge < -0.3 is 14.2 Å². The average molecular weight is 460 g/mol. The summed E-state index contributed by atoms with van der Waals surface area (Å²) < 4.78 is 16.0. The van der Waals surface area contributed by atoms with Gasteiger partial charge in [0, 0.05) is 12.5 Å². The molecular formula is C26H25N3O5. The molecule has 174 valence electrons. The average Bonchev–Trinajstić information content (AvgIpc) is 3.20. The van der Waals surface area contributed by atoms with Crippen molar-refractivity contribution in [2.75, 3.05) is 6.61 Å². The number of fused-ring (bicyclic) bond motifs is 2. The minimum atomic E-state index is -0.808. The van der Waals surface area contributed by atoms with E-state index in [1.807, 2.05) is 48.5 Å². The van der Waals surface area contributed by atoms with E-state index < -0.39 is 17.7 Å². The Balaban J connectivity index is 1.68. The Morgan fingerprint density at radius 2 is 1.71 bits per heavy atom. The lowest BCUT2D eigenvalue weighted by Gasteiger charge is -2.19. The number of rotatable bonds is 6. The van der Waals surface area contributed by atoms with Gasteiger partial charge in [-0.1, -0.05) is 36.9 Å². The Labute approximate surface area is 196 Å². The van der Waals surface area contributed by atoms with E-state index in [1.165, 1.54) is 4.80 Å². The summed E-state index contributed by atoms with van der Waals surface area (Å²) >= 11 is 0. The molecule has 1 aromatic heterocycles. The van der Waals surface area contributed by atoms with E-state index in [0.29, 0.717) is 23.1 Å². The molecule has 0 fully saturated rings. The number of carbonyl (C=O) groups is 2. The molecule has 0 aliphatic rings. The Kier molecular flexibility index (Phi) is 6.32. The van der Waals surface area contributed by atoms with Crippen LogP contribution in [0, 0.1) is 0 Å². The summed E-state index contributed by atoms with van der Waals surface area (Å²) in [4.78, 5) is 25.1. The van der Waals surface area contributed by atoms with E-state index in [4.69, 9.17) is 14.2 Å². The Hall–Kier alpha value is -4.20. The third-order valence-corrected chi connectivity index (χ3v) is 4.87. The predicted octanol–water partition coefficient (Wildman–Crippen LogP) is 5.16. The fourth-order valence-corrected chi connectivity index (χ4v) is 3.36. The summed E-state index contributed by atoms with van der Waals surface area (Å²) in [6, 6.07) is 17.0. The standard InChI is InChI=1S/C26H25N3O5/c1-5-24(30)32-13-12-17-10-11-20-21(14-17)28-29(27-20)22-15-18-8-6-7-9-19(18)16-23(22)33-25(31)34-26(2,3)4/h5-11,14-16H,1,12-13H2,2-4H3. The topological polar surface area (TPSA) is 92.5 Å². The molecule has 0 aliphatic heterocycles. The molecule has 0 unspecified atom stereocenters. The van der Waals surface area contributed by atoms with E-state index in [-0.39, 0.29) is 12.4 Å². The van der Waals surface area contributed by atoms with Gasteiger partial charge in [-0.15, -0.1) is 15.0 Å². The number of nitrogens with zero attached hydrogens (tertiary/aromatic N) is 3. The van der Waals surface area contributed by atoms with Crippen molar-refractivity contribution in [3.8, 4) is 11.4 Å². The molecule has 4 rings (SSSR count). The van der Waals surface area contributed by atoms with Crippen molar-refractivity contribution in [2.24, 2.45) is 0 Å². The van der Waals surface area contributed by atoms with Crippen molar-refractivity contribution in [3.63, 3.8) is 0 Å². The Bertz CT molecular complexity index is 1380. The zero-order valence-electron chi connectivity index (χ0n) is 19.3. The van der Waals surface area contributed by atoms with Crippen molar-refractivity contribution >= 4 is 33.9 Å². The van der Waals surface area contributed by atoms with Gasteiger partial charge in [-0.2, -0.15) is 0 Å². The van der Waals surface area contributed by atoms with E-state index in [0.717, 1.165) is 22.4 Å². The Morgan fingerprint density at radius 1 is 1.00 bits per heavy atom. The van der Waals surface area contributed by atoms with Gasteiger partial charge in [-0.3, -0.25) is 0 Å².